The molecule has 0 aromatic carbocycles. The summed E-state index contributed by atoms with van der Waals surface area (Å²) in [6, 6.07) is 5.23. The number of methoxy groups -OCH3 is 2. The molecule has 0 radical (unpaired) electrons. The van der Waals surface area contributed by atoms with Crippen LogP contribution in [0, 0.1) is 0 Å². The Morgan fingerprint density at radius 3 is 2.71 bits per heavy atom. The van der Waals surface area contributed by atoms with Crippen LogP contribution in [0.1, 0.15) is 9.67 Å². The molecule has 3 rings (SSSR count). The molecule has 3 aromatic heterocycles. The van der Waals surface area contributed by atoms with Crippen LogP contribution in [-0.4, -0.2) is 45.6 Å². The third kappa shape index (κ3) is 2.87. The summed E-state index contributed by atoms with van der Waals surface area (Å²) in [5, 5.41) is 0.195. The topological polar surface area (TPSA) is 91.3 Å². The highest BCUT2D eigenvalue weighted by molar-refractivity contribution is 7.84. The van der Waals surface area contributed by atoms with Gasteiger partial charge < -0.3 is 9.47 Å². The Morgan fingerprint density at radius 1 is 1.25 bits per heavy atom. The highest BCUT2D eigenvalue weighted by Gasteiger charge is 2.23. The van der Waals surface area contributed by atoms with Crippen molar-refractivity contribution >= 4 is 38.3 Å². The summed E-state index contributed by atoms with van der Waals surface area (Å²) in [6.07, 6.45) is 3.05. The predicted octanol–water partition coefficient (Wildman–Crippen LogP) is 2.29. The molecule has 24 heavy (non-hydrogen) atoms. The number of thiophene rings is 1. The molecule has 0 saturated carbocycles. The Morgan fingerprint density at radius 2 is 2.04 bits per heavy atom. The van der Waals surface area contributed by atoms with Crippen LogP contribution in [0.25, 0.3) is 21.5 Å². The molecule has 1 atom stereocenters. The summed E-state index contributed by atoms with van der Waals surface area (Å²) in [5.41, 5.74) is 1.56. The van der Waals surface area contributed by atoms with E-state index in [4.69, 9.17) is 9.47 Å². The molecule has 0 spiro atoms. The Kier molecular flexibility index (Phi) is 4.54. The monoisotopic (exact) mass is 363 g/mol. The molecule has 3 aromatic rings. The molecule has 7 nitrogen and oxygen atoms in total. The SMILES string of the molecule is COC(=O)c1sc2cnc([S@](C)=O)nc2c1-c1cccc(OC)n1. The molecular weight excluding hydrogens is 350 g/mol. The van der Waals surface area contributed by atoms with E-state index in [1.54, 1.807) is 24.4 Å². The number of hydrogen-bond donors (Lipinski definition) is 0. The van der Waals surface area contributed by atoms with Crippen molar-refractivity contribution in [2.75, 3.05) is 20.5 Å². The average molecular weight is 363 g/mol. The number of fused-ring (bicyclic) bond motifs is 1. The van der Waals surface area contributed by atoms with Crippen LogP contribution in [0.3, 0.4) is 0 Å². The fourth-order valence-corrected chi connectivity index (χ4v) is 3.62. The van der Waals surface area contributed by atoms with Gasteiger partial charge in [0.1, 0.15) is 4.88 Å². The first kappa shape index (κ1) is 16.5. The van der Waals surface area contributed by atoms with E-state index in [9.17, 15) is 9.00 Å². The van der Waals surface area contributed by atoms with Crippen molar-refractivity contribution < 1.29 is 18.5 Å². The van der Waals surface area contributed by atoms with Crippen molar-refractivity contribution in [3.63, 3.8) is 0 Å². The van der Waals surface area contributed by atoms with Gasteiger partial charge in [0.2, 0.25) is 11.0 Å². The van der Waals surface area contributed by atoms with Crippen LogP contribution in [0.2, 0.25) is 0 Å². The van der Waals surface area contributed by atoms with E-state index in [0.29, 0.717) is 32.2 Å². The van der Waals surface area contributed by atoms with Gasteiger partial charge in [0.05, 0.1) is 46.5 Å². The molecule has 0 fully saturated rings. The van der Waals surface area contributed by atoms with Gasteiger partial charge >= 0.3 is 5.97 Å². The van der Waals surface area contributed by atoms with Crippen LogP contribution in [0.4, 0.5) is 0 Å². The molecule has 0 unspecified atom stereocenters. The first-order valence-electron chi connectivity index (χ1n) is 6.78. The maximum atomic E-state index is 12.2. The van der Waals surface area contributed by atoms with Gasteiger partial charge in [0, 0.05) is 18.5 Å². The van der Waals surface area contributed by atoms with E-state index < -0.39 is 16.8 Å². The average Bonchev–Trinajstić information content (AvgIpc) is 2.99. The van der Waals surface area contributed by atoms with Crippen LogP contribution in [0.15, 0.2) is 29.6 Å². The molecule has 0 amide bonds. The third-order valence-electron chi connectivity index (χ3n) is 3.23. The lowest BCUT2D eigenvalue weighted by Gasteiger charge is -2.05. The summed E-state index contributed by atoms with van der Waals surface area (Å²) in [4.78, 5) is 25.3. The summed E-state index contributed by atoms with van der Waals surface area (Å²) >= 11 is 1.21. The van der Waals surface area contributed by atoms with Gasteiger partial charge in [-0.2, -0.15) is 0 Å². The van der Waals surface area contributed by atoms with Gasteiger partial charge in [0.15, 0.2) is 0 Å². The highest BCUT2D eigenvalue weighted by atomic mass is 32.2. The minimum absolute atomic E-state index is 0.195. The Balaban J connectivity index is 2.34. The summed E-state index contributed by atoms with van der Waals surface area (Å²) in [5.74, 6) is -0.0761. The van der Waals surface area contributed by atoms with Gasteiger partial charge in [-0.1, -0.05) is 6.07 Å². The number of carbonyl (C=O) groups is 1. The van der Waals surface area contributed by atoms with Gasteiger partial charge in [-0.25, -0.2) is 19.7 Å². The number of nitrogens with zero attached hydrogens (tertiary/aromatic N) is 3. The number of ether oxygens (including phenoxy) is 2. The smallest absolute Gasteiger partial charge is 0.348 e. The molecule has 3 heterocycles. The second kappa shape index (κ2) is 6.62. The van der Waals surface area contributed by atoms with Crippen molar-refractivity contribution in [2.24, 2.45) is 0 Å². The van der Waals surface area contributed by atoms with Crippen LogP contribution in [-0.2, 0) is 15.5 Å². The number of hydrogen-bond acceptors (Lipinski definition) is 8. The van der Waals surface area contributed by atoms with Crippen molar-refractivity contribution in [2.45, 2.75) is 5.16 Å². The summed E-state index contributed by atoms with van der Waals surface area (Å²) < 4.78 is 22.4. The zero-order chi connectivity index (χ0) is 17.3. The molecule has 0 N–H and O–H groups in total. The van der Waals surface area contributed by atoms with E-state index in [1.165, 1.54) is 31.8 Å². The van der Waals surface area contributed by atoms with Gasteiger partial charge in [-0.3, -0.25) is 4.21 Å². The Bertz CT molecular complexity index is 955. The van der Waals surface area contributed by atoms with Crippen LogP contribution < -0.4 is 4.74 Å². The molecule has 9 heteroatoms. The lowest BCUT2D eigenvalue weighted by atomic mass is 10.1. The maximum Gasteiger partial charge on any atom is 0.348 e. The van der Waals surface area contributed by atoms with E-state index >= 15 is 0 Å². The Labute approximate surface area is 144 Å². The molecule has 0 aliphatic rings. The van der Waals surface area contributed by atoms with E-state index in [1.807, 2.05) is 0 Å². The normalized spacial score (nSPS) is 12.1. The van der Waals surface area contributed by atoms with Gasteiger partial charge in [-0.05, 0) is 6.07 Å². The molecule has 0 saturated heterocycles. The molecule has 0 aliphatic heterocycles. The van der Waals surface area contributed by atoms with E-state index in [0.717, 1.165) is 0 Å². The fourth-order valence-electron chi connectivity index (χ4n) is 2.16. The maximum absolute atomic E-state index is 12.2. The highest BCUT2D eigenvalue weighted by Crippen LogP contribution is 2.37. The lowest BCUT2D eigenvalue weighted by molar-refractivity contribution is 0.0607. The number of aromatic nitrogens is 3. The quantitative estimate of drug-likeness (QED) is 0.519. The summed E-state index contributed by atoms with van der Waals surface area (Å²) in [6.45, 7) is 0. The number of rotatable bonds is 4. The van der Waals surface area contributed by atoms with Crippen molar-refractivity contribution in [1.29, 1.82) is 0 Å². The largest absolute Gasteiger partial charge is 0.481 e. The lowest BCUT2D eigenvalue weighted by Crippen LogP contribution is -2.02. The zero-order valence-electron chi connectivity index (χ0n) is 13.1. The molecule has 0 aliphatic carbocycles. The molecule has 0 bridgehead atoms. The number of pyridine rings is 1. The first-order chi connectivity index (χ1) is 11.5. The minimum Gasteiger partial charge on any atom is -0.481 e. The standard InChI is InChI=1S/C15H13N3O4S2/c1-21-10-6-4-5-8(17-10)11-12-9(23-13(11)14(19)22-2)7-16-15(18-12)24(3)20/h4-7H,1-3H3/t24-/m0/s1. The molecular formula is C15H13N3O4S2. The second-order valence-electron chi connectivity index (χ2n) is 4.68. The van der Waals surface area contributed by atoms with Crippen molar-refractivity contribution in [3.8, 4) is 17.1 Å². The second-order valence-corrected chi connectivity index (χ2v) is 7.01. The fraction of sp³-hybridized carbons (Fsp3) is 0.200. The first-order valence-corrected chi connectivity index (χ1v) is 9.15. The zero-order valence-corrected chi connectivity index (χ0v) is 14.7. The summed E-state index contributed by atoms with van der Waals surface area (Å²) in [7, 11) is 1.49. The van der Waals surface area contributed by atoms with Gasteiger partial charge in [-0.15, -0.1) is 11.3 Å². The van der Waals surface area contributed by atoms with E-state index in [2.05, 4.69) is 15.0 Å². The minimum atomic E-state index is -1.34. The van der Waals surface area contributed by atoms with E-state index in [-0.39, 0.29) is 5.16 Å². The Hall–Kier alpha value is -2.39. The molecule has 124 valence electrons. The van der Waals surface area contributed by atoms with Crippen LogP contribution in [0.5, 0.6) is 5.88 Å². The third-order valence-corrected chi connectivity index (χ3v) is 5.03. The number of carbonyl (C=O) groups excluding carboxylic acids is 1. The van der Waals surface area contributed by atoms with Crippen LogP contribution >= 0.6 is 11.3 Å². The van der Waals surface area contributed by atoms with Crippen molar-refractivity contribution in [3.05, 3.63) is 29.3 Å². The van der Waals surface area contributed by atoms with Gasteiger partial charge in [0.25, 0.3) is 0 Å². The van der Waals surface area contributed by atoms with Crippen molar-refractivity contribution in [1.82, 2.24) is 15.0 Å². The number of esters is 1. The predicted molar refractivity (Wildman–Crippen MR) is 90.9 cm³/mol.